The fourth-order valence-corrected chi connectivity index (χ4v) is 0.937. The van der Waals surface area contributed by atoms with Crippen LogP contribution in [0.3, 0.4) is 0 Å². The highest BCUT2D eigenvalue weighted by Crippen LogP contribution is 2.16. The van der Waals surface area contributed by atoms with E-state index in [1.165, 1.54) is 19.6 Å². The van der Waals surface area contributed by atoms with Gasteiger partial charge in [0.1, 0.15) is 5.75 Å². The molecular weight excluding hydrogens is 216 g/mol. The van der Waals surface area contributed by atoms with Crippen LogP contribution in [0.5, 0.6) is 5.75 Å². The van der Waals surface area contributed by atoms with Gasteiger partial charge in [-0.1, -0.05) is 32.9 Å². The molecule has 0 unspecified atom stereocenters. The number of carbonyl (C=O) groups excluding carboxylic acids is 1. The third-order valence-corrected chi connectivity index (χ3v) is 1.96. The van der Waals surface area contributed by atoms with Gasteiger partial charge in [-0.25, -0.2) is 0 Å². The molecule has 3 heteroatoms. The first-order chi connectivity index (χ1) is 8.01. The van der Waals surface area contributed by atoms with Crippen LogP contribution in [0.15, 0.2) is 18.2 Å². The zero-order valence-electron chi connectivity index (χ0n) is 11.7. The Kier molecular flexibility index (Phi) is 11.6. The third kappa shape index (κ3) is 9.42. The number of phenolic OH excluding ortho intramolecular Hbond substituents is 1. The number of ether oxygens (including phenoxy) is 1. The Balaban J connectivity index is 0. The van der Waals surface area contributed by atoms with E-state index in [1.807, 2.05) is 32.9 Å². The second-order valence-corrected chi connectivity index (χ2v) is 3.17. The molecule has 0 spiro atoms. The number of rotatable bonds is 1. The SMILES string of the molecule is CC.CCc1ccc(O)c(C)c1.COC(C)=O. The van der Waals surface area contributed by atoms with Gasteiger partial charge in [0.25, 0.3) is 0 Å². The van der Waals surface area contributed by atoms with E-state index in [0.717, 1.165) is 12.0 Å². The molecule has 3 nitrogen and oxygen atoms in total. The topological polar surface area (TPSA) is 46.5 Å². The van der Waals surface area contributed by atoms with Crippen LogP contribution in [0.2, 0.25) is 0 Å². The fourth-order valence-electron chi connectivity index (χ4n) is 0.937. The Morgan fingerprint density at radius 1 is 1.35 bits per heavy atom. The lowest BCUT2D eigenvalue weighted by atomic mass is 10.1. The molecule has 0 bridgehead atoms. The van der Waals surface area contributed by atoms with Crippen LogP contribution in [0.1, 0.15) is 38.8 Å². The van der Waals surface area contributed by atoms with E-state index in [1.54, 1.807) is 6.07 Å². The minimum Gasteiger partial charge on any atom is -0.508 e. The number of hydrogen-bond donors (Lipinski definition) is 1. The quantitative estimate of drug-likeness (QED) is 0.764. The normalized spacial score (nSPS) is 8.12. The Bertz CT molecular complexity index is 319. The minimum absolute atomic E-state index is 0.245. The highest BCUT2D eigenvalue weighted by atomic mass is 16.5. The number of esters is 1. The summed E-state index contributed by atoms with van der Waals surface area (Å²) in [4.78, 5) is 9.59. The molecule has 0 aliphatic heterocycles. The van der Waals surface area contributed by atoms with E-state index in [4.69, 9.17) is 5.11 Å². The summed E-state index contributed by atoms with van der Waals surface area (Å²) < 4.78 is 4.11. The molecule has 0 atom stereocenters. The van der Waals surface area contributed by atoms with Crippen LogP contribution in [-0.2, 0) is 16.0 Å². The predicted molar refractivity (Wildman–Crippen MR) is 71.3 cm³/mol. The van der Waals surface area contributed by atoms with Crippen LogP contribution >= 0.6 is 0 Å². The Hall–Kier alpha value is -1.51. The number of benzene rings is 1. The smallest absolute Gasteiger partial charge is 0.302 e. The molecule has 1 N–H and O–H groups in total. The van der Waals surface area contributed by atoms with Crippen molar-refractivity contribution in [3.8, 4) is 5.75 Å². The van der Waals surface area contributed by atoms with Gasteiger partial charge in [-0.05, 0) is 30.5 Å². The van der Waals surface area contributed by atoms with Crippen molar-refractivity contribution >= 4 is 5.97 Å². The number of methoxy groups -OCH3 is 1. The van der Waals surface area contributed by atoms with Crippen LogP contribution in [0.4, 0.5) is 0 Å². The standard InChI is InChI=1S/C9H12O.C3H6O2.C2H6/c1-3-8-4-5-9(10)7(2)6-8;1-3(4)5-2;1-2/h4-6,10H,3H2,1-2H3;1-2H3;1-2H3. The molecular formula is C14H24O3. The minimum atomic E-state index is -0.245. The van der Waals surface area contributed by atoms with Gasteiger partial charge in [0.15, 0.2) is 0 Å². The zero-order chi connectivity index (χ0) is 13.8. The maximum atomic E-state index is 9.59. The van der Waals surface area contributed by atoms with E-state index in [-0.39, 0.29) is 5.97 Å². The van der Waals surface area contributed by atoms with Crippen molar-refractivity contribution in [2.45, 2.75) is 41.0 Å². The van der Waals surface area contributed by atoms with Crippen LogP contribution in [0.25, 0.3) is 0 Å². The van der Waals surface area contributed by atoms with Gasteiger partial charge in [-0.15, -0.1) is 0 Å². The summed E-state index contributed by atoms with van der Waals surface area (Å²) in [5.41, 5.74) is 2.23. The van der Waals surface area contributed by atoms with Gasteiger partial charge in [0.05, 0.1) is 7.11 Å². The molecule has 0 fully saturated rings. The van der Waals surface area contributed by atoms with Crippen molar-refractivity contribution in [1.82, 2.24) is 0 Å². The monoisotopic (exact) mass is 240 g/mol. The molecule has 17 heavy (non-hydrogen) atoms. The van der Waals surface area contributed by atoms with E-state index in [2.05, 4.69) is 11.7 Å². The number of hydrogen-bond acceptors (Lipinski definition) is 3. The van der Waals surface area contributed by atoms with Crippen LogP contribution in [0, 0.1) is 6.92 Å². The third-order valence-electron chi connectivity index (χ3n) is 1.96. The summed E-state index contributed by atoms with van der Waals surface area (Å²) in [6.07, 6.45) is 1.03. The molecule has 0 heterocycles. The zero-order valence-corrected chi connectivity index (χ0v) is 11.7. The molecule has 1 aromatic carbocycles. The lowest BCUT2D eigenvalue weighted by Gasteiger charge is -1.99. The Morgan fingerprint density at radius 3 is 2.12 bits per heavy atom. The molecule has 0 aliphatic rings. The van der Waals surface area contributed by atoms with Crippen molar-refractivity contribution in [3.05, 3.63) is 29.3 Å². The van der Waals surface area contributed by atoms with Gasteiger partial charge in [0, 0.05) is 6.92 Å². The molecule has 0 aromatic heterocycles. The van der Waals surface area contributed by atoms with Gasteiger partial charge < -0.3 is 9.84 Å². The summed E-state index contributed by atoms with van der Waals surface area (Å²) in [7, 11) is 1.35. The molecule has 0 saturated heterocycles. The van der Waals surface area contributed by atoms with E-state index in [9.17, 15) is 4.79 Å². The Labute approximate surface area is 104 Å². The summed E-state index contributed by atoms with van der Waals surface area (Å²) in [6, 6.07) is 5.70. The molecule has 0 saturated carbocycles. The summed E-state index contributed by atoms with van der Waals surface area (Å²) in [5.74, 6) is 0.141. The molecule has 0 radical (unpaired) electrons. The van der Waals surface area contributed by atoms with Gasteiger partial charge in [0.2, 0.25) is 0 Å². The van der Waals surface area contributed by atoms with Crippen LogP contribution < -0.4 is 0 Å². The molecule has 0 amide bonds. The first-order valence-electron chi connectivity index (χ1n) is 5.84. The molecule has 1 rings (SSSR count). The average Bonchev–Trinajstić information content (AvgIpc) is 2.36. The van der Waals surface area contributed by atoms with Crippen LogP contribution in [-0.4, -0.2) is 18.2 Å². The summed E-state index contributed by atoms with van der Waals surface area (Å²) in [5, 5.41) is 9.14. The van der Waals surface area contributed by atoms with Crippen molar-refractivity contribution in [2.75, 3.05) is 7.11 Å². The second-order valence-electron chi connectivity index (χ2n) is 3.17. The summed E-state index contributed by atoms with van der Waals surface area (Å²) >= 11 is 0. The van der Waals surface area contributed by atoms with Crippen molar-refractivity contribution in [1.29, 1.82) is 0 Å². The lowest BCUT2D eigenvalue weighted by Crippen LogP contribution is -1.88. The largest absolute Gasteiger partial charge is 0.508 e. The average molecular weight is 240 g/mol. The van der Waals surface area contributed by atoms with E-state index < -0.39 is 0 Å². The number of phenols is 1. The van der Waals surface area contributed by atoms with E-state index in [0.29, 0.717) is 5.75 Å². The molecule has 1 aromatic rings. The highest BCUT2D eigenvalue weighted by Gasteiger charge is 1.94. The van der Waals surface area contributed by atoms with E-state index >= 15 is 0 Å². The fraction of sp³-hybridized carbons (Fsp3) is 0.500. The van der Waals surface area contributed by atoms with Crippen molar-refractivity contribution in [2.24, 2.45) is 0 Å². The first kappa shape index (κ1) is 17.9. The second kappa shape index (κ2) is 11.0. The first-order valence-corrected chi connectivity index (χ1v) is 5.84. The Morgan fingerprint density at radius 2 is 1.82 bits per heavy atom. The van der Waals surface area contributed by atoms with Crippen molar-refractivity contribution < 1.29 is 14.6 Å². The number of aromatic hydroxyl groups is 1. The van der Waals surface area contributed by atoms with Crippen molar-refractivity contribution in [3.63, 3.8) is 0 Å². The maximum Gasteiger partial charge on any atom is 0.302 e. The number of aryl methyl sites for hydroxylation is 2. The molecule has 98 valence electrons. The van der Waals surface area contributed by atoms with Gasteiger partial charge >= 0.3 is 5.97 Å². The highest BCUT2D eigenvalue weighted by molar-refractivity contribution is 5.65. The van der Waals surface area contributed by atoms with Gasteiger partial charge in [-0.3, -0.25) is 4.79 Å². The molecule has 0 aliphatic carbocycles. The number of carbonyl (C=O) groups is 1. The summed E-state index contributed by atoms with van der Waals surface area (Å²) in [6.45, 7) is 9.38. The van der Waals surface area contributed by atoms with Gasteiger partial charge in [-0.2, -0.15) is 0 Å². The maximum absolute atomic E-state index is 9.59. The lowest BCUT2D eigenvalue weighted by molar-refractivity contribution is -0.137. The predicted octanol–water partition coefficient (Wildman–Crippen LogP) is 3.47.